The maximum absolute atomic E-state index is 5.92. The fourth-order valence-corrected chi connectivity index (χ4v) is 6.98. The van der Waals surface area contributed by atoms with E-state index >= 15 is 0 Å². The highest BCUT2D eigenvalue weighted by Gasteiger charge is 2.45. The molecule has 0 saturated heterocycles. The van der Waals surface area contributed by atoms with Crippen molar-refractivity contribution in [3.05, 3.63) is 228 Å². The maximum atomic E-state index is 5.92. The highest BCUT2D eigenvalue weighted by Crippen LogP contribution is 2.55. The molecule has 0 heterocycles. The van der Waals surface area contributed by atoms with Crippen LogP contribution in [0.2, 0.25) is 0 Å². The number of allylic oxidation sites excluding steroid dienone is 1. The van der Waals surface area contributed by atoms with Crippen molar-refractivity contribution in [1.29, 1.82) is 0 Å². The van der Waals surface area contributed by atoms with Gasteiger partial charge in [0.1, 0.15) is 0 Å². The molecule has 0 amide bonds. The Kier molecular flexibility index (Phi) is 8.37. The molecule has 0 aromatic heterocycles. The van der Waals surface area contributed by atoms with Gasteiger partial charge < -0.3 is 5.73 Å². The van der Waals surface area contributed by atoms with Gasteiger partial charge in [-0.3, -0.25) is 0 Å². The van der Waals surface area contributed by atoms with Gasteiger partial charge in [-0.15, -0.1) is 0 Å². The van der Waals surface area contributed by atoms with Gasteiger partial charge in [-0.05, 0) is 67.3 Å². The van der Waals surface area contributed by atoms with E-state index in [9.17, 15) is 0 Å². The zero-order valence-corrected chi connectivity index (χ0v) is 26.4. The number of fused-ring (bicyclic) bond motifs is 4. The molecule has 0 saturated carbocycles. The van der Waals surface area contributed by atoms with Gasteiger partial charge in [0.25, 0.3) is 0 Å². The lowest BCUT2D eigenvalue weighted by Crippen LogP contribution is -2.28. The average molecular weight is 604 g/mol. The lowest BCUT2D eigenvalue weighted by atomic mass is 9.67. The Balaban J connectivity index is 0.000000161. The van der Waals surface area contributed by atoms with E-state index in [1.54, 1.807) is 0 Å². The predicted molar refractivity (Wildman–Crippen MR) is 200 cm³/mol. The van der Waals surface area contributed by atoms with Crippen molar-refractivity contribution in [2.45, 2.75) is 11.8 Å². The van der Waals surface area contributed by atoms with Gasteiger partial charge in [0.05, 0.1) is 5.41 Å². The summed E-state index contributed by atoms with van der Waals surface area (Å²) in [6, 6.07) is 62.3. The highest BCUT2D eigenvalue weighted by atomic mass is 14.6. The molecule has 1 aliphatic carbocycles. The molecule has 1 aliphatic rings. The van der Waals surface area contributed by atoms with Gasteiger partial charge in [-0.2, -0.15) is 0 Å². The van der Waals surface area contributed by atoms with Gasteiger partial charge in [-0.25, -0.2) is 0 Å². The van der Waals surface area contributed by atoms with E-state index in [1.165, 1.54) is 55.3 Å². The topological polar surface area (TPSA) is 26.0 Å². The minimum atomic E-state index is -0.344. The molecule has 0 bridgehead atoms. The molecule has 0 spiro atoms. The van der Waals surface area contributed by atoms with Gasteiger partial charge in [0.2, 0.25) is 0 Å². The van der Waals surface area contributed by atoms with Gasteiger partial charge >= 0.3 is 0 Å². The van der Waals surface area contributed by atoms with Crippen molar-refractivity contribution in [1.82, 2.24) is 0 Å². The Bertz CT molecular complexity index is 2120. The molecular formula is C46H37N. The predicted octanol–water partition coefficient (Wildman–Crippen LogP) is 11.1. The Morgan fingerprint density at radius 3 is 1.72 bits per heavy atom. The van der Waals surface area contributed by atoms with Crippen LogP contribution >= 0.6 is 0 Å². The molecule has 0 unspecified atom stereocenters. The first-order valence-electron chi connectivity index (χ1n) is 16.1. The second-order valence-corrected chi connectivity index (χ2v) is 12.0. The summed E-state index contributed by atoms with van der Waals surface area (Å²) < 4.78 is 0. The van der Waals surface area contributed by atoms with E-state index in [2.05, 4.69) is 195 Å². The van der Waals surface area contributed by atoms with Gasteiger partial charge in [-0.1, -0.05) is 195 Å². The van der Waals surface area contributed by atoms with E-state index in [4.69, 9.17) is 5.73 Å². The van der Waals surface area contributed by atoms with E-state index in [-0.39, 0.29) is 5.41 Å². The lowest BCUT2D eigenvalue weighted by molar-refractivity contribution is 0.768. The van der Waals surface area contributed by atoms with Crippen LogP contribution in [-0.2, 0) is 11.8 Å². The number of hydrogen-bond donors (Lipinski definition) is 1. The standard InChI is InChI=1S/C27H21N.C19H16/c1-19(28)20-15-17-22(18-16-20)27(21-9-3-2-4-10-21)25-13-7-5-11-23(25)24-12-6-8-14-26(24)27;1-2-8-16(9-3-1)10-6-12-18-14-7-13-17-11-4-5-15-19(17)18/h2-18H,1,28H2;1-9,11-15H,10H2/b;12-6+. The lowest BCUT2D eigenvalue weighted by Gasteiger charge is -2.34. The van der Waals surface area contributed by atoms with Gasteiger partial charge in [0, 0.05) is 5.70 Å². The van der Waals surface area contributed by atoms with E-state index < -0.39 is 0 Å². The van der Waals surface area contributed by atoms with Crippen LogP contribution in [0.3, 0.4) is 0 Å². The summed E-state index contributed by atoms with van der Waals surface area (Å²) in [5.41, 5.74) is 17.5. The molecule has 1 nitrogen and oxygen atoms in total. The number of benzene rings is 7. The summed E-state index contributed by atoms with van der Waals surface area (Å²) in [6.07, 6.45) is 5.43. The molecule has 226 valence electrons. The van der Waals surface area contributed by atoms with Crippen molar-refractivity contribution < 1.29 is 0 Å². The van der Waals surface area contributed by atoms with Crippen LogP contribution in [0.4, 0.5) is 0 Å². The maximum Gasteiger partial charge on any atom is 0.0713 e. The molecule has 47 heavy (non-hydrogen) atoms. The van der Waals surface area contributed by atoms with Crippen LogP contribution in [0.15, 0.2) is 189 Å². The number of nitrogens with two attached hydrogens (primary N) is 1. The normalized spacial score (nSPS) is 12.6. The Labute approximate surface area is 278 Å². The third-order valence-corrected chi connectivity index (χ3v) is 9.16. The molecule has 0 radical (unpaired) electrons. The van der Waals surface area contributed by atoms with Crippen LogP contribution in [-0.4, -0.2) is 0 Å². The molecule has 1 heteroatoms. The summed E-state index contributed by atoms with van der Waals surface area (Å²) >= 11 is 0. The Hall–Kier alpha value is -5.92. The minimum absolute atomic E-state index is 0.344. The molecule has 8 rings (SSSR count). The fraction of sp³-hybridized carbons (Fsp3) is 0.0435. The fourth-order valence-electron chi connectivity index (χ4n) is 6.98. The van der Waals surface area contributed by atoms with Crippen molar-refractivity contribution >= 4 is 22.5 Å². The van der Waals surface area contributed by atoms with Crippen molar-refractivity contribution in [2.75, 3.05) is 0 Å². The van der Waals surface area contributed by atoms with Crippen LogP contribution in [0.25, 0.3) is 33.7 Å². The number of rotatable bonds is 6. The largest absolute Gasteiger partial charge is 0.399 e. The quantitative estimate of drug-likeness (QED) is 0.201. The Morgan fingerprint density at radius 1 is 0.532 bits per heavy atom. The first-order chi connectivity index (χ1) is 23.2. The SMILES string of the molecule is C(=C\c1cccc2ccccc12)/Cc1ccccc1.C=C(N)c1ccc(C2(c3ccccc3)c3ccccc3-c3ccccc32)cc1. The first kappa shape index (κ1) is 29.8. The van der Waals surface area contributed by atoms with Crippen molar-refractivity contribution in [3.63, 3.8) is 0 Å². The third kappa shape index (κ3) is 5.69. The molecule has 0 aliphatic heterocycles. The smallest absolute Gasteiger partial charge is 0.0713 e. The van der Waals surface area contributed by atoms with Crippen LogP contribution < -0.4 is 5.73 Å². The molecule has 0 atom stereocenters. The molecular weight excluding hydrogens is 567 g/mol. The van der Waals surface area contributed by atoms with Crippen molar-refractivity contribution in [2.24, 2.45) is 5.73 Å². The summed E-state index contributed by atoms with van der Waals surface area (Å²) in [6.45, 7) is 3.88. The summed E-state index contributed by atoms with van der Waals surface area (Å²) in [7, 11) is 0. The Morgan fingerprint density at radius 2 is 1.06 bits per heavy atom. The van der Waals surface area contributed by atoms with Crippen LogP contribution in [0, 0.1) is 0 Å². The minimum Gasteiger partial charge on any atom is -0.399 e. The molecule has 7 aromatic rings. The second kappa shape index (κ2) is 13.2. The number of hydrogen-bond acceptors (Lipinski definition) is 1. The molecule has 2 N–H and O–H groups in total. The van der Waals surface area contributed by atoms with E-state index in [1.807, 2.05) is 0 Å². The van der Waals surface area contributed by atoms with E-state index in [0.29, 0.717) is 5.70 Å². The monoisotopic (exact) mass is 603 g/mol. The average Bonchev–Trinajstić information content (AvgIpc) is 3.44. The molecule has 7 aromatic carbocycles. The summed E-state index contributed by atoms with van der Waals surface area (Å²) in [4.78, 5) is 0. The zero-order chi connectivity index (χ0) is 32.1. The van der Waals surface area contributed by atoms with Crippen LogP contribution in [0.5, 0.6) is 0 Å². The highest BCUT2D eigenvalue weighted by molar-refractivity contribution is 5.90. The van der Waals surface area contributed by atoms with E-state index in [0.717, 1.165) is 12.0 Å². The summed E-state index contributed by atoms with van der Waals surface area (Å²) in [5.74, 6) is 0. The second-order valence-electron chi connectivity index (χ2n) is 12.0. The zero-order valence-electron chi connectivity index (χ0n) is 26.4. The summed E-state index contributed by atoms with van der Waals surface area (Å²) in [5, 5.41) is 2.61. The molecule has 0 fully saturated rings. The van der Waals surface area contributed by atoms with Crippen molar-refractivity contribution in [3.8, 4) is 11.1 Å². The van der Waals surface area contributed by atoms with Crippen LogP contribution in [0.1, 0.15) is 38.9 Å². The third-order valence-electron chi connectivity index (χ3n) is 9.16. The first-order valence-corrected chi connectivity index (χ1v) is 16.1. The van der Waals surface area contributed by atoms with Gasteiger partial charge in [0.15, 0.2) is 0 Å².